The van der Waals surface area contributed by atoms with Gasteiger partial charge in [-0.05, 0) is 44.9 Å². The number of benzene rings is 1. The summed E-state index contributed by atoms with van der Waals surface area (Å²) in [5.74, 6) is -1.07. The minimum Gasteiger partial charge on any atom is -0.507 e. The molecule has 0 unspecified atom stereocenters. The zero-order chi connectivity index (χ0) is 19.6. The van der Waals surface area contributed by atoms with Crippen LogP contribution in [0.25, 0.3) is 5.65 Å². The molecule has 0 bridgehead atoms. The van der Waals surface area contributed by atoms with Gasteiger partial charge in [0.15, 0.2) is 5.65 Å². The van der Waals surface area contributed by atoms with Crippen LogP contribution in [0.3, 0.4) is 0 Å². The summed E-state index contributed by atoms with van der Waals surface area (Å²) in [7, 11) is 0. The highest BCUT2D eigenvalue weighted by atomic mass is 16.3. The van der Waals surface area contributed by atoms with Crippen molar-refractivity contribution in [3.8, 4) is 5.75 Å². The summed E-state index contributed by atoms with van der Waals surface area (Å²) in [6, 6.07) is 8.02. The van der Waals surface area contributed by atoms with Crippen LogP contribution >= 0.6 is 0 Å². The first-order valence-electron chi connectivity index (χ1n) is 8.56. The lowest BCUT2D eigenvalue weighted by Crippen LogP contribution is -2.41. The quantitative estimate of drug-likeness (QED) is 0.609. The van der Waals surface area contributed by atoms with E-state index in [1.54, 1.807) is 16.6 Å². The summed E-state index contributed by atoms with van der Waals surface area (Å²) >= 11 is 0. The molecular weight excluding hydrogens is 346 g/mol. The number of hydrogen-bond donors (Lipinski definition) is 3. The second-order valence-electron chi connectivity index (χ2n) is 6.34. The third-order valence-corrected chi connectivity index (χ3v) is 4.35. The van der Waals surface area contributed by atoms with Gasteiger partial charge in [0.25, 0.3) is 5.91 Å². The molecule has 0 atom stereocenters. The maximum absolute atomic E-state index is 12.1. The lowest BCUT2D eigenvalue weighted by atomic mass is 10.1. The predicted octanol–water partition coefficient (Wildman–Crippen LogP) is 1.75. The highest BCUT2D eigenvalue weighted by Crippen LogP contribution is 2.17. The van der Waals surface area contributed by atoms with Crippen LogP contribution in [0.1, 0.15) is 39.4 Å². The van der Waals surface area contributed by atoms with Gasteiger partial charge in [0.05, 0.1) is 11.3 Å². The molecule has 2 amide bonds. The summed E-state index contributed by atoms with van der Waals surface area (Å²) in [5.41, 5.74) is 9.17. The average molecular weight is 367 g/mol. The van der Waals surface area contributed by atoms with Crippen molar-refractivity contribution in [2.45, 2.75) is 33.6 Å². The second-order valence-corrected chi connectivity index (χ2v) is 6.34. The van der Waals surface area contributed by atoms with E-state index in [4.69, 9.17) is 0 Å². The van der Waals surface area contributed by atoms with Crippen molar-refractivity contribution in [2.24, 2.45) is 0 Å². The molecule has 8 nitrogen and oxygen atoms in total. The molecule has 0 aliphatic rings. The number of phenols is 1. The standard InChI is InChI=1S/C19H21N5O3/c1-11-10-17-20-12(2)14(13(3)24(17)23-11)8-9-18(26)21-22-19(27)15-6-4-5-7-16(15)25/h4-7,10,25H,8-9H2,1-3H3,(H,21,26)(H,22,27). The van der Waals surface area contributed by atoms with Crippen LogP contribution in [-0.2, 0) is 11.2 Å². The number of para-hydroxylation sites is 1. The van der Waals surface area contributed by atoms with E-state index >= 15 is 0 Å². The van der Waals surface area contributed by atoms with Crippen molar-refractivity contribution in [1.82, 2.24) is 25.4 Å². The van der Waals surface area contributed by atoms with Crippen LogP contribution in [0.5, 0.6) is 5.75 Å². The van der Waals surface area contributed by atoms with Crippen molar-refractivity contribution < 1.29 is 14.7 Å². The number of aromatic nitrogens is 3. The molecule has 27 heavy (non-hydrogen) atoms. The smallest absolute Gasteiger partial charge is 0.273 e. The molecule has 0 aliphatic heterocycles. The van der Waals surface area contributed by atoms with E-state index in [-0.39, 0.29) is 23.6 Å². The van der Waals surface area contributed by atoms with Gasteiger partial charge in [-0.2, -0.15) is 5.10 Å². The van der Waals surface area contributed by atoms with Gasteiger partial charge in [-0.1, -0.05) is 12.1 Å². The third-order valence-electron chi connectivity index (χ3n) is 4.35. The van der Waals surface area contributed by atoms with Gasteiger partial charge < -0.3 is 5.11 Å². The Morgan fingerprint density at radius 2 is 1.89 bits per heavy atom. The SMILES string of the molecule is Cc1cc2nc(C)c(CCC(=O)NNC(=O)c3ccccc3O)c(C)n2n1. The molecule has 0 spiro atoms. The van der Waals surface area contributed by atoms with Crippen LogP contribution in [0.4, 0.5) is 0 Å². The molecule has 0 fully saturated rings. The monoisotopic (exact) mass is 367 g/mol. The summed E-state index contributed by atoms with van der Waals surface area (Å²) in [6.07, 6.45) is 0.647. The number of nitrogens with zero attached hydrogens (tertiary/aromatic N) is 3. The normalized spacial score (nSPS) is 10.8. The number of aryl methyl sites for hydroxylation is 3. The largest absolute Gasteiger partial charge is 0.507 e. The molecule has 0 radical (unpaired) electrons. The molecule has 140 valence electrons. The first-order chi connectivity index (χ1) is 12.9. The van der Waals surface area contributed by atoms with E-state index in [1.165, 1.54) is 12.1 Å². The number of carbonyl (C=O) groups excluding carboxylic acids is 2. The van der Waals surface area contributed by atoms with Crippen LogP contribution < -0.4 is 10.9 Å². The lowest BCUT2D eigenvalue weighted by Gasteiger charge is -2.12. The second kappa shape index (κ2) is 7.45. The van der Waals surface area contributed by atoms with Crippen molar-refractivity contribution in [2.75, 3.05) is 0 Å². The Morgan fingerprint density at radius 3 is 2.63 bits per heavy atom. The number of phenolic OH excluding ortho intramolecular Hbond substituents is 1. The fourth-order valence-electron chi connectivity index (χ4n) is 2.96. The van der Waals surface area contributed by atoms with Gasteiger partial charge in [-0.25, -0.2) is 9.50 Å². The summed E-state index contributed by atoms with van der Waals surface area (Å²) in [5, 5.41) is 14.1. The van der Waals surface area contributed by atoms with Crippen molar-refractivity contribution >= 4 is 17.5 Å². The van der Waals surface area contributed by atoms with E-state index in [2.05, 4.69) is 20.9 Å². The van der Waals surface area contributed by atoms with Crippen molar-refractivity contribution in [1.29, 1.82) is 0 Å². The number of rotatable bonds is 4. The number of nitrogens with one attached hydrogen (secondary N) is 2. The van der Waals surface area contributed by atoms with Crippen LogP contribution in [-0.4, -0.2) is 31.5 Å². The molecule has 2 heterocycles. The molecule has 1 aromatic carbocycles. The van der Waals surface area contributed by atoms with E-state index in [9.17, 15) is 14.7 Å². The molecule has 2 aromatic heterocycles. The Bertz CT molecular complexity index is 1030. The number of hydrogen-bond acceptors (Lipinski definition) is 5. The van der Waals surface area contributed by atoms with E-state index in [1.807, 2.05) is 26.8 Å². The molecular formula is C19H21N5O3. The predicted molar refractivity (Wildman–Crippen MR) is 99.2 cm³/mol. The highest BCUT2D eigenvalue weighted by molar-refractivity contribution is 5.97. The number of hydrazine groups is 1. The van der Waals surface area contributed by atoms with Gasteiger partial charge in [0.1, 0.15) is 5.75 Å². The Hall–Kier alpha value is -3.42. The molecule has 0 saturated heterocycles. The number of amides is 2. The van der Waals surface area contributed by atoms with Gasteiger partial charge in [0, 0.05) is 23.9 Å². The number of carbonyl (C=O) groups is 2. The maximum atomic E-state index is 12.1. The fraction of sp³-hybridized carbons (Fsp3) is 0.263. The minimum atomic E-state index is -0.580. The van der Waals surface area contributed by atoms with Gasteiger partial charge >= 0.3 is 0 Å². The topological polar surface area (TPSA) is 109 Å². The fourth-order valence-corrected chi connectivity index (χ4v) is 2.96. The minimum absolute atomic E-state index is 0.0909. The Labute approximate surface area is 156 Å². The van der Waals surface area contributed by atoms with Crippen LogP contribution in [0, 0.1) is 20.8 Å². The zero-order valence-corrected chi connectivity index (χ0v) is 15.4. The van der Waals surface area contributed by atoms with Crippen molar-refractivity contribution in [3.63, 3.8) is 0 Å². The molecule has 0 aliphatic carbocycles. The Balaban J connectivity index is 1.62. The van der Waals surface area contributed by atoms with Crippen molar-refractivity contribution in [3.05, 3.63) is 58.5 Å². The zero-order valence-electron chi connectivity index (χ0n) is 15.4. The van der Waals surface area contributed by atoms with E-state index in [0.717, 1.165) is 28.3 Å². The molecule has 3 aromatic rings. The van der Waals surface area contributed by atoms with Crippen LogP contribution in [0.15, 0.2) is 30.3 Å². The third kappa shape index (κ3) is 3.89. The first-order valence-corrected chi connectivity index (χ1v) is 8.56. The molecule has 0 saturated carbocycles. The summed E-state index contributed by atoms with van der Waals surface area (Å²) in [6.45, 7) is 5.76. The molecule has 8 heteroatoms. The summed E-state index contributed by atoms with van der Waals surface area (Å²) < 4.78 is 1.77. The summed E-state index contributed by atoms with van der Waals surface area (Å²) in [4.78, 5) is 28.6. The highest BCUT2D eigenvalue weighted by Gasteiger charge is 2.14. The van der Waals surface area contributed by atoms with Gasteiger partial charge in [-0.15, -0.1) is 0 Å². The first kappa shape index (κ1) is 18.4. The van der Waals surface area contributed by atoms with Gasteiger partial charge in [0.2, 0.25) is 5.91 Å². The molecule has 3 rings (SSSR count). The molecule has 3 N–H and O–H groups in total. The van der Waals surface area contributed by atoms with Crippen LogP contribution in [0.2, 0.25) is 0 Å². The van der Waals surface area contributed by atoms with Gasteiger partial charge in [-0.3, -0.25) is 20.4 Å². The maximum Gasteiger partial charge on any atom is 0.273 e. The Morgan fingerprint density at radius 1 is 1.15 bits per heavy atom. The van der Waals surface area contributed by atoms with E-state index < -0.39 is 5.91 Å². The average Bonchev–Trinajstić information content (AvgIpc) is 3.00. The Kier molecular flexibility index (Phi) is 5.07. The lowest BCUT2D eigenvalue weighted by molar-refractivity contribution is -0.121. The number of aromatic hydroxyl groups is 1. The van der Waals surface area contributed by atoms with E-state index in [0.29, 0.717) is 6.42 Å². The number of fused-ring (bicyclic) bond motifs is 1.